The van der Waals surface area contributed by atoms with Crippen molar-refractivity contribution in [2.45, 2.75) is 39.8 Å². The molecule has 0 bridgehead atoms. The maximum Gasteiger partial charge on any atom is 1.00 e. The van der Waals surface area contributed by atoms with Gasteiger partial charge in [-0.1, -0.05) is 0 Å². The zero-order chi connectivity index (χ0) is 15.0. The van der Waals surface area contributed by atoms with Crippen LogP contribution in [0.25, 0.3) is 0 Å². The molecule has 0 radical (unpaired) electrons. The predicted octanol–water partition coefficient (Wildman–Crippen LogP) is -2.44. The molecule has 7 nitrogen and oxygen atoms in total. The van der Waals surface area contributed by atoms with Gasteiger partial charge in [0.15, 0.2) is 6.10 Å². The second kappa shape index (κ2) is 10.7. The van der Waals surface area contributed by atoms with E-state index >= 15 is 0 Å². The number of ether oxygens (including phenoxy) is 2. The van der Waals surface area contributed by atoms with Crippen molar-refractivity contribution in [1.82, 2.24) is 5.32 Å². The molecule has 0 heterocycles. The second-order valence-corrected chi connectivity index (χ2v) is 3.86. The Morgan fingerprint density at radius 3 is 2.35 bits per heavy atom. The Bertz CT molecular complexity index is 388. The standard InChI is InChI=1S/C12H19NO6.Na.H/c1-5-18-12(17)9(4)19-10(14)6-7(2)13-8(3)11(15)16;;/h6,8-9,13H,5H2,1-4H3,(H,15,16);;/q;+1;-1/b7-6+;;/t8-,9?;;/m0../s1. The summed E-state index contributed by atoms with van der Waals surface area (Å²) in [6.07, 6.45) is 0.0724. The Hall–Kier alpha value is -1.05. The fourth-order valence-electron chi connectivity index (χ4n) is 1.14. The molecular weight excluding hydrogens is 277 g/mol. The fraction of sp³-hybridized carbons (Fsp3) is 0.583. The Labute approximate surface area is 141 Å². The first-order chi connectivity index (χ1) is 8.77. The van der Waals surface area contributed by atoms with Gasteiger partial charge in [-0.15, -0.1) is 0 Å². The number of carboxylic acid groups (broad SMARTS) is 1. The van der Waals surface area contributed by atoms with Gasteiger partial charge in [0, 0.05) is 11.8 Å². The minimum Gasteiger partial charge on any atom is -1.00 e. The third-order valence-corrected chi connectivity index (χ3v) is 2.06. The van der Waals surface area contributed by atoms with E-state index in [2.05, 4.69) is 10.1 Å². The van der Waals surface area contributed by atoms with E-state index in [4.69, 9.17) is 9.84 Å². The summed E-state index contributed by atoms with van der Waals surface area (Å²) in [5.41, 5.74) is 0.330. The monoisotopic (exact) mass is 297 g/mol. The Kier molecular flexibility index (Phi) is 11.4. The van der Waals surface area contributed by atoms with Gasteiger partial charge in [0.05, 0.1) is 6.61 Å². The van der Waals surface area contributed by atoms with Gasteiger partial charge >= 0.3 is 47.5 Å². The molecule has 2 atom stereocenters. The van der Waals surface area contributed by atoms with Crippen LogP contribution >= 0.6 is 0 Å². The topological polar surface area (TPSA) is 102 Å². The molecule has 0 aromatic rings. The van der Waals surface area contributed by atoms with E-state index in [-0.39, 0.29) is 37.6 Å². The molecule has 0 rings (SSSR count). The first kappa shape index (κ1) is 21.3. The van der Waals surface area contributed by atoms with Crippen LogP contribution in [0.4, 0.5) is 0 Å². The van der Waals surface area contributed by atoms with Crippen LogP contribution < -0.4 is 34.9 Å². The van der Waals surface area contributed by atoms with Gasteiger partial charge in [0.2, 0.25) is 0 Å². The summed E-state index contributed by atoms with van der Waals surface area (Å²) < 4.78 is 9.48. The zero-order valence-electron chi connectivity index (χ0n) is 13.4. The van der Waals surface area contributed by atoms with Crippen LogP contribution in [0.2, 0.25) is 0 Å². The van der Waals surface area contributed by atoms with Gasteiger partial charge < -0.3 is 21.3 Å². The van der Waals surface area contributed by atoms with Crippen molar-refractivity contribution in [1.29, 1.82) is 0 Å². The van der Waals surface area contributed by atoms with Crippen molar-refractivity contribution >= 4 is 17.9 Å². The van der Waals surface area contributed by atoms with Crippen LogP contribution in [0.1, 0.15) is 29.1 Å². The van der Waals surface area contributed by atoms with Crippen molar-refractivity contribution in [2.24, 2.45) is 0 Å². The van der Waals surface area contributed by atoms with Crippen LogP contribution in [-0.2, 0) is 23.9 Å². The molecule has 2 N–H and O–H groups in total. The summed E-state index contributed by atoms with van der Waals surface area (Å²) in [5, 5.41) is 11.3. The van der Waals surface area contributed by atoms with Crippen molar-refractivity contribution in [2.75, 3.05) is 6.61 Å². The van der Waals surface area contributed by atoms with E-state index in [0.717, 1.165) is 6.08 Å². The van der Waals surface area contributed by atoms with Crippen molar-refractivity contribution < 1.29 is 59.9 Å². The molecule has 0 saturated heterocycles. The molecular formula is C12H20NNaO6. The first-order valence-electron chi connectivity index (χ1n) is 5.82. The van der Waals surface area contributed by atoms with Gasteiger partial charge in [-0.05, 0) is 27.7 Å². The number of hydrogen-bond acceptors (Lipinski definition) is 6. The van der Waals surface area contributed by atoms with Crippen LogP contribution in [0.15, 0.2) is 11.8 Å². The number of hydrogen-bond donors (Lipinski definition) is 2. The Morgan fingerprint density at radius 2 is 1.90 bits per heavy atom. The molecule has 110 valence electrons. The SMILES string of the molecule is CCOC(=O)C(C)OC(=O)/C=C(\C)N[C@@H](C)C(=O)O.[H-].[Na+]. The average Bonchev–Trinajstić information content (AvgIpc) is 2.28. The number of carbonyl (C=O) groups is 3. The molecule has 0 aromatic carbocycles. The normalized spacial score (nSPS) is 13.5. The number of esters is 2. The third-order valence-electron chi connectivity index (χ3n) is 2.06. The molecule has 0 amide bonds. The number of nitrogens with one attached hydrogen (secondary N) is 1. The third kappa shape index (κ3) is 8.95. The molecule has 0 aliphatic carbocycles. The fourth-order valence-corrected chi connectivity index (χ4v) is 1.14. The molecule has 8 heteroatoms. The van der Waals surface area contributed by atoms with Gasteiger partial charge in [-0.2, -0.15) is 0 Å². The van der Waals surface area contributed by atoms with E-state index in [1.54, 1.807) is 6.92 Å². The summed E-state index contributed by atoms with van der Waals surface area (Å²) in [6, 6.07) is -0.827. The zero-order valence-corrected chi connectivity index (χ0v) is 14.4. The number of rotatable bonds is 7. The summed E-state index contributed by atoms with van der Waals surface area (Å²) in [4.78, 5) is 33.2. The van der Waals surface area contributed by atoms with E-state index in [9.17, 15) is 14.4 Å². The number of carboxylic acids is 1. The average molecular weight is 297 g/mol. The van der Waals surface area contributed by atoms with Gasteiger partial charge in [-0.3, -0.25) is 4.79 Å². The van der Waals surface area contributed by atoms with Crippen LogP contribution in [0.5, 0.6) is 0 Å². The van der Waals surface area contributed by atoms with Crippen molar-refractivity contribution in [3.05, 3.63) is 11.8 Å². The molecule has 20 heavy (non-hydrogen) atoms. The summed E-state index contributed by atoms with van der Waals surface area (Å²) in [5.74, 6) is -2.42. The van der Waals surface area contributed by atoms with Gasteiger partial charge in [-0.25, -0.2) is 9.59 Å². The Balaban J connectivity index is -0.00000162. The van der Waals surface area contributed by atoms with E-state index in [1.807, 2.05) is 0 Å². The van der Waals surface area contributed by atoms with Gasteiger partial charge in [0.1, 0.15) is 6.04 Å². The van der Waals surface area contributed by atoms with E-state index in [1.165, 1.54) is 20.8 Å². The molecule has 0 fully saturated rings. The van der Waals surface area contributed by atoms with Crippen LogP contribution in [0, 0.1) is 0 Å². The number of allylic oxidation sites excluding steroid dienone is 1. The predicted molar refractivity (Wildman–Crippen MR) is 67.3 cm³/mol. The number of aliphatic carboxylic acids is 1. The first-order valence-corrected chi connectivity index (χ1v) is 5.82. The molecule has 1 unspecified atom stereocenters. The maximum absolute atomic E-state index is 11.4. The minimum atomic E-state index is -1.04. The molecule has 0 aromatic heterocycles. The maximum atomic E-state index is 11.4. The molecule has 0 saturated carbocycles. The van der Waals surface area contributed by atoms with Crippen LogP contribution in [-0.4, -0.2) is 41.8 Å². The summed E-state index contributed by atoms with van der Waals surface area (Å²) in [7, 11) is 0. The summed E-state index contributed by atoms with van der Waals surface area (Å²) >= 11 is 0. The molecule has 0 aliphatic heterocycles. The quantitative estimate of drug-likeness (QED) is 0.306. The smallest absolute Gasteiger partial charge is 1.00 e. The molecule has 0 spiro atoms. The second-order valence-electron chi connectivity index (χ2n) is 3.86. The van der Waals surface area contributed by atoms with Crippen molar-refractivity contribution in [3.8, 4) is 0 Å². The Morgan fingerprint density at radius 1 is 1.35 bits per heavy atom. The number of carbonyl (C=O) groups excluding carboxylic acids is 2. The van der Waals surface area contributed by atoms with Crippen molar-refractivity contribution in [3.63, 3.8) is 0 Å². The van der Waals surface area contributed by atoms with Gasteiger partial charge in [0.25, 0.3) is 0 Å². The van der Waals surface area contributed by atoms with Crippen LogP contribution in [0.3, 0.4) is 0 Å². The van der Waals surface area contributed by atoms with E-state index in [0.29, 0.717) is 5.70 Å². The largest absolute Gasteiger partial charge is 1.00 e. The minimum absolute atomic E-state index is 0. The van der Waals surface area contributed by atoms with E-state index < -0.39 is 30.1 Å². The molecule has 0 aliphatic rings. The summed E-state index contributed by atoms with van der Waals surface area (Å²) in [6.45, 7) is 6.20.